The Bertz CT molecular complexity index is 949. The van der Waals surface area contributed by atoms with Crippen molar-refractivity contribution in [2.75, 3.05) is 7.11 Å². The molecular weight excluding hydrogens is 358 g/mol. The van der Waals surface area contributed by atoms with Crippen molar-refractivity contribution in [3.63, 3.8) is 0 Å². The van der Waals surface area contributed by atoms with E-state index in [1.54, 1.807) is 48.5 Å². The fraction of sp³-hybridized carbons (Fsp3) is 0.105. The van der Waals surface area contributed by atoms with E-state index < -0.39 is 11.9 Å². The smallest absolute Gasteiger partial charge is 0.363 e. The van der Waals surface area contributed by atoms with Crippen LogP contribution in [-0.4, -0.2) is 24.9 Å². The molecule has 132 valence electrons. The van der Waals surface area contributed by atoms with Crippen LogP contribution in [0.15, 0.2) is 53.2 Å². The number of nitrogens with zero attached hydrogens (tertiary/aromatic N) is 1. The minimum atomic E-state index is -0.567. The quantitative estimate of drug-likeness (QED) is 0.466. The van der Waals surface area contributed by atoms with Gasteiger partial charge in [-0.05, 0) is 42.0 Å². The summed E-state index contributed by atoms with van der Waals surface area (Å²) in [6.07, 6.45) is 1.56. The van der Waals surface area contributed by atoms with Crippen LogP contribution in [0, 0.1) is 0 Å². The first-order chi connectivity index (χ1) is 12.5. The minimum Gasteiger partial charge on any atom is -0.493 e. The molecule has 0 unspecified atom stereocenters. The molecule has 26 heavy (non-hydrogen) atoms. The fourth-order valence-corrected chi connectivity index (χ4v) is 2.52. The molecule has 0 bridgehead atoms. The van der Waals surface area contributed by atoms with Gasteiger partial charge in [0.15, 0.2) is 17.2 Å². The van der Waals surface area contributed by atoms with Gasteiger partial charge in [0.1, 0.15) is 0 Å². The number of hydrogen-bond donors (Lipinski definition) is 0. The van der Waals surface area contributed by atoms with E-state index in [1.807, 2.05) is 0 Å². The summed E-state index contributed by atoms with van der Waals surface area (Å²) in [6, 6.07) is 11.8. The zero-order valence-corrected chi connectivity index (χ0v) is 14.7. The van der Waals surface area contributed by atoms with Crippen LogP contribution < -0.4 is 9.47 Å². The molecule has 6 nitrogen and oxygen atoms in total. The van der Waals surface area contributed by atoms with Crippen molar-refractivity contribution in [2.45, 2.75) is 6.92 Å². The number of carbonyl (C=O) groups excluding carboxylic acids is 2. The number of cyclic esters (lactones) is 1. The lowest BCUT2D eigenvalue weighted by Crippen LogP contribution is -2.05. The third-order valence-corrected chi connectivity index (χ3v) is 3.67. The number of hydrogen-bond acceptors (Lipinski definition) is 6. The van der Waals surface area contributed by atoms with Gasteiger partial charge in [0.25, 0.3) is 0 Å². The molecule has 0 saturated carbocycles. The molecule has 2 aromatic carbocycles. The van der Waals surface area contributed by atoms with E-state index in [0.29, 0.717) is 27.6 Å². The Kier molecular flexibility index (Phi) is 5.04. The monoisotopic (exact) mass is 371 g/mol. The van der Waals surface area contributed by atoms with Crippen LogP contribution in [-0.2, 0) is 14.3 Å². The second-order valence-corrected chi connectivity index (χ2v) is 5.79. The summed E-state index contributed by atoms with van der Waals surface area (Å²) in [4.78, 5) is 27.4. The lowest BCUT2D eigenvalue weighted by Gasteiger charge is -2.08. The molecule has 0 atom stereocenters. The first-order valence-corrected chi connectivity index (χ1v) is 7.99. The third-order valence-electron chi connectivity index (χ3n) is 3.44. The highest BCUT2D eigenvalue weighted by Gasteiger charge is 2.24. The highest BCUT2D eigenvalue weighted by molar-refractivity contribution is 6.31. The van der Waals surface area contributed by atoms with Gasteiger partial charge >= 0.3 is 11.9 Å². The number of rotatable bonds is 4. The van der Waals surface area contributed by atoms with Crippen LogP contribution in [0.1, 0.15) is 18.1 Å². The van der Waals surface area contributed by atoms with Gasteiger partial charge in [0.2, 0.25) is 5.90 Å². The molecule has 0 fully saturated rings. The molecular formula is C19H14ClNO5. The van der Waals surface area contributed by atoms with E-state index in [9.17, 15) is 9.59 Å². The van der Waals surface area contributed by atoms with Gasteiger partial charge in [-0.3, -0.25) is 4.79 Å². The summed E-state index contributed by atoms with van der Waals surface area (Å²) in [7, 11) is 1.46. The van der Waals surface area contributed by atoms with Gasteiger partial charge in [0, 0.05) is 17.5 Å². The van der Waals surface area contributed by atoms with Gasteiger partial charge in [-0.25, -0.2) is 9.79 Å². The van der Waals surface area contributed by atoms with Gasteiger partial charge in [0.05, 0.1) is 7.11 Å². The van der Waals surface area contributed by atoms with Crippen molar-refractivity contribution in [3.8, 4) is 11.5 Å². The van der Waals surface area contributed by atoms with Crippen molar-refractivity contribution < 1.29 is 23.8 Å². The lowest BCUT2D eigenvalue weighted by atomic mass is 10.1. The van der Waals surface area contributed by atoms with Gasteiger partial charge in [-0.2, -0.15) is 0 Å². The maximum absolute atomic E-state index is 12.1. The summed E-state index contributed by atoms with van der Waals surface area (Å²) in [5, 5.41) is 0.518. The topological polar surface area (TPSA) is 74.2 Å². The highest BCUT2D eigenvalue weighted by atomic mass is 35.5. The van der Waals surface area contributed by atoms with Crippen LogP contribution in [0.25, 0.3) is 6.08 Å². The van der Waals surface area contributed by atoms with Crippen LogP contribution in [0.2, 0.25) is 5.02 Å². The summed E-state index contributed by atoms with van der Waals surface area (Å²) in [5.74, 6) is -0.181. The molecule has 0 radical (unpaired) electrons. The first kappa shape index (κ1) is 17.7. The summed E-state index contributed by atoms with van der Waals surface area (Å²) < 4.78 is 15.5. The molecule has 0 aromatic heterocycles. The summed E-state index contributed by atoms with van der Waals surface area (Å²) in [6.45, 7) is 1.30. The lowest BCUT2D eigenvalue weighted by molar-refractivity contribution is -0.132. The highest BCUT2D eigenvalue weighted by Crippen LogP contribution is 2.30. The zero-order chi connectivity index (χ0) is 18.7. The Balaban J connectivity index is 1.92. The van der Waals surface area contributed by atoms with E-state index in [4.69, 9.17) is 25.8 Å². The average molecular weight is 372 g/mol. The Labute approximate surface area is 154 Å². The van der Waals surface area contributed by atoms with Crippen molar-refractivity contribution in [1.82, 2.24) is 0 Å². The number of methoxy groups -OCH3 is 1. The second kappa shape index (κ2) is 7.41. The Morgan fingerprint density at radius 2 is 2.00 bits per heavy atom. The Morgan fingerprint density at radius 3 is 2.69 bits per heavy atom. The van der Waals surface area contributed by atoms with Gasteiger partial charge in [-0.1, -0.05) is 23.7 Å². The molecule has 2 aromatic rings. The molecule has 0 amide bonds. The first-order valence-electron chi connectivity index (χ1n) is 7.61. The van der Waals surface area contributed by atoms with Gasteiger partial charge < -0.3 is 14.2 Å². The summed E-state index contributed by atoms with van der Waals surface area (Å²) in [5.41, 5.74) is 1.39. The van der Waals surface area contributed by atoms with Crippen LogP contribution in [0.4, 0.5) is 0 Å². The molecule has 3 rings (SSSR count). The average Bonchev–Trinajstić information content (AvgIpc) is 2.96. The van der Waals surface area contributed by atoms with Crippen molar-refractivity contribution >= 4 is 35.5 Å². The van der Waals surface area contributed by atoms with E-state index in [0.717, 1.165) is 0 Å². The van der Waals surface area contributed by atoms with E-state index >= 15 is 0 Å². The molecule has 1 aliphatic heterocycles. The number of aliphatic imine (C=N–C) groups is 1. The van der Waals surface area contributed by atoms with E-state index in [-0.39, 0.29) is 11.6 Å². The van der Waals surface area contributed by atoms with Crippen LogP contribution in [0.3, 0.4) is 0 Å². The molecule has 0 spiro atoms. The predicted octanol–water partition coefficient (Wildman–Crippen LogP) is 3.62. The number of esters is 2. The van der Waals surface area contributed by atoms with Gasteiger partial charge in [-0.15, -0.1) is 0 Å². The molecule has 1 aliphatic rings. The van der Waals surface area contributed by atoms with Crippen molar-refractivity contribution in [3.05, 3.63) is 64.3 Å². The summed E-state index contributed by atoms with van der Waals surface area (Å²) >= 11 is 5.95. The predicted molar refractivity (Wildman–Crippen MR) is 96.4 cm³/mol. The van der Waals surface area contributed by atoms with Crippen LogP contribution in [0.5, 0.6) is 11.5 Å². The molecule has 7 heteroatoms. The maximum atomic E-state index is 12.1. The molecule has 0 saturated heterocycles. The van der Waals surface area contributed by atoms with E-state index in [1.165, 1.54) is 14.0 Å². The minimum absolute atomic E-state index is 0.141. The fourth-order valence-electron chi connectivity index (χ4n) is 2.33. The number of halogens is 1. The maximum Gasteiger partial charge on any atom is 0.363 e. The zero-order valence-electron chi connectivity index (χ0n) is 14.0. The van der Waals surface area contributed by atoms with Crippen molar-refractivity contribution in [1.29, 1.82) is 0 Å². The largest absolute Gasteiger partial charge is 0.493 e. The molecule has 0 aliphatic carbocycles. The third kappa shape index (κ3) is 3.92. The second-order valence-electron chi connectivity index (χ2n) is 5.35. The van der Waals surface area contributed by atoms with Crippen LogP contribution >= 0.6 is 11.6 Å². The van der Waals surface area contributed by atoms with E-state index in [2.05, 4.69) is 4.99 Å². The normalized spacial score (nSPS) is 14.8. The number of ether oxygens (including phenoxy) is 3. The molecule has 0 N–H and O–H groups in total. The standard InChI is InChI=1S/C19H14ClNO5/c1-11(22)25-16-7-6-12(9-17(16)24-2)8-15-19(23)26-18(21-15)13-4-3-5-14(20)10-13/h3-10H,1-2H3. The van der Waals surface area contributed by atoms with Crippen molar-refractivity contribution in [2.24, 2.45) is 4.99 Å². The SMILES string of the molecule is COc1cc(C=C2N=C(c3cccc(Cl)c3)OC2=O)ccc1OC(C)=O. The Morgan fingerprint density at radius 1 is 1.19 bits per heavy atom. The number of carbonyl (C=O) groups is 2. The molecule has 1 heterocycles. The Hall–Kier alpha value is -3.12. The number of benzene rings is 2.